The zero-order chi connectivity index (χ0) is 17.6. The Morgan fingerprint density at radius 2 is 1.58 bits per heavy atom. The number of aromatic amines is 1. The Morgan fingerprint density at radius 1 is 0.885 bits per heavy atom. The van der Waals surface area contributed by atoms with Gasteiger partial charge in [-0.05, 0) is 57.6 Å². The van der Waals surface area contributed by atoms with Crippen LogP contribution in [0.5, 0.6) is 0 Å². The van der Waals surface area contributed by atoms with E-state index in [0.29, 0.717) is 5.92 Å². The van der Waals surface area contributed by atoms with Crippen molar-refractivity contribution in [2.45, 2.75) is 25.2 Å². The van der Waals surface area contributed by atoms with Crippen molar-refractivity contribution in [3.8, 4) is 0 Å². The number of para-hydroxylation sites is 1. The number of nitrogens with one attached hydrogen (secondary N) is 1. The van der Waals surface area contributed by atoms with Crippen molar-refractivity contribution >= 4 is 5.69 Å². The van der Waals surface area contributed by atoms with E-state index in [0.717, 1.165) is 44.8 Å². The van der Waals surface area contributed by atoms with Crippen LogP contribution >= 0.6 is 0 Å². The Hall–Kier alpha value is -1.99. The fraction of sp³-hybridized carbons (Fsp3) is 0.632. The van der Waals surface area contributed by atoms with Gasteiger partial charge < -0.3 is 9.80 Å². The van der Waals surface area contributed by atoms with Gasteiger partial charge in [-0.25, -0.2) is 0 Å². The lowest BCUT2D eigenvalue weighted by molar-refractivity contribution is 0.186. The summed E-state index contributed by atoms with van der Waals surface area (Å²) in [5.41, 5.74) is 1.36. The fourth-order valence-electron chi connectivity index (χ4n) is 4.14. The van der Waals surface area contributed by atoms with Gasteiger partial charge in [0.05, 0.1) is 0 Å². The molecule has 0 aliphatic carbocycles. The molecule has 1 aromatic heterocycles. The number of aromatic nitrogens is 4. The highest BCUT2D eigenvalue weighted by Crippen LogP contribution is 2.24. The average molecular weight is 355 g/mol. The Bertz CT molecular complexity index is 629. The molecule has 0 saturated carbocycles. The van der Waals surface area contributed by atoms with Gasteiger partial charge in [-0.2, -0.15) is 5.21 Å². The van der Waals surface area contributed by atoms with Crippen LogP contribution in [-0.2, 0) is 0 Å². The minimum absolute atomic E-state index is 0.482. The maximum absolute atomic E-state index is 4.14. The lowest BCUT2D eigenvalue weighted by atomic mass is 9.96. The van der Waals surface area contributed by atoms with Crippen molar-refractivity contribution in [1.82, 2.24) is 30.4 Å². The maximum Gasteiger partial charge on any atom is 0.177 e. The van der Waals surface area contributed by atoms with Crippen LogP contribution in [-0.4, -0.2) is 82.8 Å². The molecule has 2 aliphatic rings. The molecule has 7 nitrogen and oxygen atoms in total. The van der Waals surface area contributed by atoms with E-state index in [4.69, 9.17) is 0 Å². The van der Waals surface area contributed by atoms with E-state index in [1.807, 2.05) is 0 Å². The Morgan fingerprint density at radius 3 is 2.23 bits per heavy atom. The molecule has 0 atom stereocenters. The van der Waals surface area contributed by atoms with Crippen LogP contribution in [0.25, 0.3) is 0 Å². The third-order valence-electron chi connectivity index (χ3n) is 5.76. The van der Waals surface area contributed by atoms with Crippen molar-refractivity contribution in [3.63, 3.8) is 0 Å². The number of anilines is 1. The summed E-state index contributed by atoms with van der Waals surface area (Å²) in [6, 6.07) is 10.8. The quantitative estimate of drug-likeness (QED) is 0.849. The van der Waals surface area contributed by atoms with Gasteiger partial charge in [-0.3, -0.25) is 4.90 Å². The van der Waals surface area contributed by atoms with Crippen LogP contribution in [0.15, 0.2) is 30.3 Å². The first-order valence-corrected chi connectivity index (χ1v) is 9.86. The Kier molecular flexibility index (Phi) is 5.76. The SMILES string of the molecule is c1ccc(N2CCN(CCCN3CCC(c4nn[nH]n4)CC3)CC2)cc1. The number of hydrogen-bond donors (Lipinski definition) is 1. The number of nitrogens with zero attached hydrogens (tertiary/aromatic N) is 6. The average Bonchev–Trinajstić information content (AvgIpc) is 3.25. The second-order valence-corrected chi connectivity index (χ2v) is 7.40. The van der Waals surface area contributed by atoms with Crippen molar-refractivity contribution in [1.29, 1.82) is 0 Å². The number of piperidine rings is 1. The van der Waals surface area contributed by atoms with Crippen molar-refractivity contribution in [2.24, 2.45) is 0 Å². The highest BCUT2D eigenvalue weighted by molar-refractivity contribution is 5.46. The summed E-state index contributed by atoms with van der Waals surface area (Å²) in [5.74, 6) is 1.37. The molecule has 0 spiro atoms. The molecule has 0 radical (unpaired) electrons. The number of H-pyrrole nitrogens is 1. The van der Waals surface area contributed by atoms with Crippen LogP contribution in [0.3, 0.4) is 0 Å². The number of likely N-dealkylation sites (tertiary alicyclic amines) is 1. The van der Waals surface area contributed by atoms with E-state index in [-0.39, 0.29) is 0 Å². The van der Waals surface area contributed by atoms with Gasteiger partial charge in [-0.15, -0.1) is 10.2 Å². The molecule has 0 unspecified atom stereocenters. The van der Waals surface area contributed by atoms with Gasteiger partial charge in [0, 0.05) is 37.8 Å². The predicted molar refractivity (Wildman–Crippen MR) is 102 cm³/mol. The van der Waals surface area contributed by atoms with Crippen LogP contribution in [0.2, 0.25) is 0 Å². The van der Waals surface area contributed by atoms with E-state index in [9.17, 15) is 0 Å². The summed E-state index contributed by atoms with van der Waals surface area (Å²) in [5, 5.41) is 14.5. The zero-order valence-corrected chi connectivity index (χ0v) is 15.4. The van der Waals surface area contributed by atoms with Gasteiger partial charge in [0.25, 0.3) is 0 Å². The number of tetrazole rings is 1. The molecule has 2 fully saturated rings. The summed E-state index contributed by atoms with van der Waals surface area (Å²) in [6.07, 6.45) is 3.56. The molecule has 26 heavy (non-hydrogen) atoms. The third-order valence-corrected chi connectivity index (χ3v) is 5.76. The van der Waals surface area contributed by atoms with Crippen molar-refractivity contribution in [2.75, 3.05) is 57.3 Å². The van der Waals surface area contributed by atoms with Gasteiger partial charge in [0.2, 0.25) is 0 Å². The Balaban J connectivity index is 1.12. The zero-order valence-electron chi connectivity index (χ0n) is 15.4. The molecular formula is C19H29N7. The molecular weight excluding hydrogens is 326 g/mol. The number of piperazine rings is 1. The second-order valence-electron chi connectivity index (χ2n) is 7.40. The normalized spacial score (nSPS) is 20.5. The lowest BCUT2D eigenvalue weighted by Crippen LogP contribution is -2.47. The lowest BCUT2D eigenvalue weighted by Gasteiger charge is -2.36. The minimum Gasteiger partial charge on any atom is -0.369 e. The molecule has 140 valence electrons. The molecule has 7 heteroatoms. The Labute approximate surface area is 155 Å². The molecule has 1 N–H and O–H groups in total. The molecule has 2 saturated heterocycles. The monoisotopic (exact) mass is 355 g/mol. The minimum atomic E-state index is 0.482. The molecule has 4 rings (SSSR count). The first kappa shape index (κ1) is 17.4. The molecule has 3 heterocycles. The topological polar surface area (TPSA) is 64.2 Å². The molecule has 1 aromatic carbocycles. The highest BCUT2D eigenvalue weighted by Gasteiger charge is 2.23. The van der Waals surface area contributed by atoms with E-state index >= 15 is 0 Å². The number of rotatable bonds is 6. The summed E-state index contributed by atoms with van der Waals surface area (Å²) in [4.78, 5) is 7.71. The molecule has 0 bridgehead atoms. The number of hydrogen-bond acceptors (Lipinski definition) is 6. The standard InChI is InChI=1S/C19H29N7/c1-2-5-18(6-3-1)26-15-13-25(14-16-26)10-4-9-24-11-7-17(8-12-24)19-20-22-23-21-19/h1-3,5-6,17H,4,7-16H2,(H,20,21,22,23). The van der Waals surface area contributed by atoms with Crippen molar-refractivity contribution in [3.05, 3.63) is 36.2 Å². The van der Waals surface area contributed by atoms with Crippen LogP contribution in [0.4, 0.5) is 5.69 Å². The summed E-state index contributed by atoms with van der Waals surface area (Å²) in [6.45, 7) is 9.36. The van der Waals surface area contributed by atoms with E-state index < -0.39 is 0 Å². The highest BCUT2D eigenvalue weighted by atomic mass is 15.5. The van der Waals surface area contributed by atoms with Gasteiger partial charge in [0.1, 0.15) is 0 Å². The smallest absolute Gasteiger partial charge is 0.177 e. The third kappa shape index (κ3) is 4.40. The van der Waals surface area contributed by atoms with E-state index in [1.165, 1.54) is 38.3 Å². The van der Waals surface area contributed by atoms with Gasteiger partial charge in [0.15, 0.2) is 5.82 Å². The van der Waals surface area contributed by atoms with Gasteiger partial charge in [-0.1, -0.05) is 23.4 Å². The second kappa shape index (κ2) is 8.60. The predicted octanol–water partition coefficient (Wildman–Crippen LogP) is 1.59. The fourth-order valence-corrected chi connectivity index (χ4v) is 4.14. The van der Waals surface area contributed by atoms with Gasteiger partial charge >= 0.3 is 0 Å². The molecule has 2 aliphatic heterocycles. The maximum atomic E-state index is 4.14. The first-order chi connectivity index (χ1) is 12.9. The first-order valence-electron chi connectivity index (χ1n) is 9.86. The van der Waals surface area contributed by atoms with Crippen LogP contribution in [0, 0.1) is 0 Å². The summed E-state index contributed by atoms with van der Waals surface area (Å²) in [7, 11) is 0. The van der Waals surface area contributed by atoms with E-state index in [2.05, 4.69) is 65.7 Å². The van der Waals surface area contributed by atoms with Crippen molar-refractivity contribution < 1.29 is 0 Å². The van der Waals surface area contributed by atoms with Crippen LogP contribution < -0.4 is 4.90 Å². The number of benzene rings is 1. The largest absolute Gasteiger partial charge is 0.369 e. The summed E-state index contributed by atoms with van der Waals surface area (Å²) >= 11 is 0. The molecule has 0 amide bonds. The summed E-state index contributed by atoms with van der Waals surface area (Å²) < 4.78 is 0. The van der Waals surface area contributed by atoms with Crippen LogP contribution in [0.1, 0.15) is 31.0 Å². The van der Waals surface area contributed by atoms with E-state index in [1.54, 1.807) is 0 Å². The molecule has 2 aromatic rings.